The molecule has 1 aliphatic rings. The van der Waals surface area contributed by atoms with Crippen LogP contribution in [0, 0.1) is 0 Å². The molecule has 1 atom stereocenters. The van der Waals surface area contributed by atoms with Crippen LogP contribution in [0.15, 0.2) is 24.3 Å². The van der Waals surface area contributed by atoms with Gasteiger partial charge in [0.15, 0.2) is 0 Å². The summed E-state index contributed by atoms with van der Waals surface area (Å²) >= 11 is 5.86. The molecule has 1 unspecified atom stereocenters. The third-order valence-corrected chi connectivity index (χ3v) is 4.18. The Morgan fingerprint density at radius 3 is 2.36 bits per heavy atom. The lowest BCUT2D eigenvalue weighted by Crippen LogP contribution is -2.36. The summed E-state index contributed by atoms with van der Waals surface area (Å²) in [6.07, 6.45) is 0.320. The molecule has 1 saturated heterocycles. The number of rotatable bonds is 7. The van der Waals surface area contributed by atoms with Crippen molar-refractivity contribution in [2.45, 2.75) is 31.7 Å². The Morgan fingerprint density at radius 2 is 1.80 bits per heavy atom. The van der Waals surface area contributed by atoms with Crippen LogP contribution >= 0.6 is 11.6 Å². The topological polar surface area (TPSA) is 92.8 Å². The highest BCUT2D eigenvalue weighted by atomic mass is 35.5. The number of esters is 1. The molecule has 1 aliphatic heterocycles. The maximum Gasteiger partial charge on any atom is 0.307 e. The highest BCUT2D eigenvalue weighted by Gasteiger charge is 2.29. The number of ether oxygens (including phenoxy) is 1. The van der Waals surface area contributed by atoms with Crippen molar-refractivity contribution in [3.05, 3.63) is 34.9 Å². The molecule has 0 spiro atoms. The number of methoxy groups -OCH3 is 1. The van der Waals surface area contributed by atoms with Crippen LogP contribution in [0.4, 0.5) is 0 Å². The smallest absolute Gasteiger partial charge is 0.307 e. The molecule has 0 aromatic heterocycles. The van der Waals surface area contributed by atoms with Gasteiger partial charge in [0, 0.05) is 30.8 Å². The van der Waals surface area contributed by atoms with E-state index >= 15 is 0 Å². The summed E-state index contributed by atoms with van der Waals surface area (Å²) in [6, 6.07) is 6.17. The first-order valence-corrected chi connectivity index (χ1v) is 8.23. The Balaban J connectivity index is 1.98. The van der Waals surface area contributed by atoms with E-state index in [1.54, 1.807) is 24.3 Å². The van der Waals surface area contributed by atoms with Crippen molar-refractivity contribution in [2.75, 3.05) is 13.7 Å². The van der Waals surface area contributed by atoms with Gasteiger partial charge < -0.3 is 10.1 Å². The first-order valence-electron chi connectivity index (χ1n) is 7.85. The van der Waals surface area contributed by atoms with Crippen molar-refractivity contribution in [1.82, 2.24) is 10.2 Å². The van der Waals surface area contributed by atoms with Gasteiger partial charge in [0.2, 0.25) is 17.7 Å². The third kappa shape index (κ3) is 5.29. The van der Waals surface area contributed by atoms with E-state index in [1.807, 2.05) is 0 Å². The van der Waals surface area contributed by atoms with Crippen LogP contribution in [0.3, 0.4) is 0 Å². The normalized spacial score (nSPS) is 15.2. The fraction of sp³-hybridized carbons (Fsp3) is 0.412. The zero-order valence-electron chi connectivity index (χ0n) is 13.8. The first-order chi connectivity index (χ1) is 11.9. The van der Waals surface area contributed by atoms with Gasteiger partial charge >= 0.3 is 5.97 Å². The van der Waals surface area contributed by atoms with E-state index in [-0.39, 0.29) is 49.9 Å². The van der Waals surface area contributed by atoms with Crippen molar-refractivity contribution in [2.24, 2.45) is 0 Å². The van der Waals surface area contributed by atoms with Crippen molar-refractivity contribution in [3.8, 4) is 0 Å². The van der Waals surface area contributed by atoms with E-state index in [0.29, 0.717) is 10.6 Å². The monoisotopic (exact) mass is 366 g/mol. The summed E-state index contributed by atoms with van der Waals surface area (Å²) in [5, 5.41) is 3.28. The van der Waals surface area contributed by atoms with Gasteiger partial charge in [0.1, 0.15) is 0 Å². The van der Waals surface area contributed by atoms with Crippen LogP contribution < -0.4 is 5.32 Å². The summed E-state index contributed by atoms with van der Waals surface area (Å²) in [7, 11) is 1.27. The third-order valence-electron chi connectivity index (χ3n) is 3.92. The number of hydrogen-bond acceptors (Lipinski definition) is 5. The van der Waals surface area contributed by atoms with Gasteiger partial charge in [0.05, 0.1) is 19.6 Å². The number of hydrogen-bond donors (Lipinski definition) is 1. The molecule has 0 saturated carbocycles. The highest BCUT2D eigenvalue weighted by molar-refractivity contribution is 6.30. The number of nitrogens with one attached hydrogen (secondary N) is 1. The summed E-state index contributed by atoms with van der Waals surface area (Å²) in [5.74, 6) is -1.36. The van der Waals surface area contributed by atoms with Gasteiger partial charge in [-0.3, -0.25) is 24.1 Å². The van der Waals surface area contributed by atoms with E-state index in [2.05, 4.69) is 10.1 Å². The predicted molar refractivity (Wildman–Crippen MR) is 89.5 cm³/mol. The van der Waals surface area contributed by atoms with E-state index in [4.69, 9.17) is 11.6 Å². The predicted octanol–water partition coefficient (Wildman–Crippen LogP) is 1.60. The van der Waals surface area contributed by atoms with Gasteiger partial charge in [-0.1, -0.05) is 23.7 Å². The molecule has 0 bridgehead atoms. The van der Waals surface area contributed by atoms with E-state index in [1.165, 1.54) is 7.11 Å². The average Bonchev–Trinajstić information content (AvgIpc) is 2.91. The molecule has 0 radical (unpaired) electrons. The lowest BCUT2D eigenvalue weighted by atomic mass is 10.0. The number of halogens is 1. The van der Waals surface area contributed by atoms with E-state index in [0.717, 1.165) is 4.90 Å². The molecule has 1 heterocycles. The van der Waals surface area contributed by atoms with Gasteiger partial charge in [-0.25, -0.2) is 0 Å². The molecule has 1 aromatic carbocycles. The zero-order chi connectivity index (χ0) is 18.4. The van der Waals surface area contributed by atoms with Crippen molar-refractivity contribution in [3.63, 3.8) is 0 Å². The van der Waals surface area contributed by atoms with Crippen LogP contribution in [0.2, 0.25) is 5.02 Å². The Morgan fingerprint density at radius 1 is 1.20 bits per heavy atom. The SMILES string of the molecule is COC(=O)CC(NC(=O)CCN1C(=O)CCC1=O)c1ccc(Cl)cc1. The van der Waals surface area contributed by atoms with Gasteiger partial charge in [-0.15, -0.1) is 0 Å². The zero-order valence-corrected chi connectivity index (χ0v) is 14.5. The number of carbonyl (C=O) groups is 4. The number of likely N-dealkylation sites (tertiary alicyclic amines) is 1. The Bertz CT molecular complexity index is 658. The fourth-order valence-corrected chi connectivity index (χ4v) is 2.68. The largest absolute Gasteiger partial charge is 0.469 e. The fourth-order valence-electron chi connectivity index (χ4n) is 2.55. The lowest BCUT2D eigenvalue weighted by Gasteiger charge is -2.19. The second-order valence-electron chi connectivity index (χ2n) is 5.64. The van der Waals surface area contributed by atoms with Gasteiger partial charge in [-0.05, 0) is 17.7 Å². The first kappa shape index (κ1) is 18.9. The second-order valence-corrected chi connectivity index (χ2v) is 6.08. The number of nitrogens with zero attached hydrogens (tertiary/aromatic N) is 1. The molecular formula is C17H19ClN2O5. The van der Waals surface area contributed by atoms with Crippen LogP contribution in [0.1, 0.15) is 37.3 Å². The maximum absolute atomic E-state index is 12.2. The standard InChI is InChI=1S/C17H19ClN2O5/c1-25-17(24)10-13(11-2-4-12(18)5-3-11)19-14(21)8-9-20-15(22)6-7-16(20)23/h2-5,13H,6-10H2,1H3,(H,19,21). The number of imide groups is 1. The molecule has 1 aromatic rings. The molecule has 2 rings (SSSR count). The van der Waals surface area contributed by atoms with Gasteiger partial charge in [-0.2, -0.15) is 0 Å². The maximum atomic E-state index is 12.2. The minimum Gasteiger partial charge on any atom is -0.469 e. The Hall–Kier alpha value is -2.41. The molecule has 7 nitrogen and oxygen atoms in total. The molecule has 134 valence electrons. The summed E-state index contributed by atoms with van der Waals surface area (Å²) in [4.78, 5) is 48.0. The molecule has 25 heavy (non-hydrogen) atoms. The van der Waals surface area contributed by atoms with Crippen LogP contribution in [-0.4, -0.2) is 42.2 Å². The van der Waals surface area contributed by atoms with Crippen molar-refractivity contribution < 1.29 is 23.9 Å². The van der Waals surface area contributed by atoms with Crippen LogP contribution in [-0.2, 0) is 23.9 Å². The molecular weight excluding hydrogens is 348 g/mol. The second kappa shape index (κ2) is 8.62. The number of carbonyl (C=O) groups excluding carboxylic acids is 4. The minimum atomic E-state index is -0.581. The van der Waals surface area contributed by atoms with E-state index in [9.17, 15) is 19.2 Å². The van der Waals surface area contributed by atoms with E-state index < -0.39 is 12.0 Å². The van der Waals surface area contributed by atoms with Crippen molar-refractivity contribution >= 4 is 35.3 Å². The average molecular weight is 367 g/mol. The highest BCUT2D eigenvalue weighted by Crippen LogP contribution is 2.20. The summed E-state index contributed by atoms with van der Waals surface area (Å²) in [5.41, 5.74) is 0.705. The quantitative estimate of drug-likeness (QED) is 0.584. The van der Waals surface area contributed by atoms with Crippen LogP contribution in [0.25, 0.3) is 0 Å². The van der Waals surface area contributed by atoms with Gasteiger partial charge in [0.25, 0.3) is 0 Å². The summed E-state index contributed by atoms with van der Waals surface area (Å²) < 4.78 is 4.66. The van der Waals surface area contributed by atoms with Crippen molar-refractivity contribution in [1.29, 1.82) is 0 Å². The Labute approximate surface area is 150 Å². The molecule has 3 amide bonds. The minimum absolute atomic E-state index is 0.0251. The van der Waals surface area contributed by atoms with Crippen LogP contribution in [0.5, 0.6) is 0 Å². The molecule has 8 heteroatoms. The Kier molecular flexibility index (Phi) is 6.52. The lowest BCUT2D eigenvalue weighted by molar-refractivity contribution is -0.141. The summed E-state index contributed by atoms with van der Waals surface area (Å²) in [6.45, 7) is 0.0368. The number of benzene rings is 1. The number of amides is 3. The molecule has 1 N–H and O–H groups in total. The molecule has 1 fully saturated rings. The molecule has 0 aliphatic carbocycles.